The Labute approximate surface area is 80.4 Å². The van der Waals surface area contributed by atoms with Crippen molar-refractivity contribution in [2.24, 2.45) is 5.92 Å². The van der Waals surface area contributed by atoms with E-state index in [0.29, 0.717) is 6.10 Å². The summed E-state index contributed by atoms with van der Waals surface area (Å²) in [5.74, 6) is 0.988. The van der Waals surface area contributed by atoms with Crippen LogP contribution in [0.5, 0.6) is 0 Å². The van der Waals surface area contributed by atoms with Gasteiger partial charge in [-0.25, -0.2) is 0 Å². The summed E-state index contributed by atoms with van der Waals surface area (Å²) in [5.41, 5.74) is 0. The average molecular weight is 184 g/mol. The summed E-state index contributed by atoms with van der Waals surface area (Å²) < 4.78 is 5.65. The zero-order valence-corrected chi connectivity index (χ0v) is 8.46. The fourth-order valence-electron chi connectivity index (χ4n) is 1.90. The molecule has 0 radical (unpaired) electrons. The third-order valence-corrected chi connectivity index (χ3v) is 2.79. The largest absolute Gasteiger partial charge is 0.374 e. The Bertz CT molecular complexity index is 153. The second-order valence-corrected chi connectivity index (χ2v) is 4.36. The molecule has 3 nitrogen and oxygen atoms in total. The van der Waals surface area contributed by atoms with E-state index in [1.54, 1.807) is 0 Å². The molecule has 1 aliphatic carbocycles. The van der Waals surface area contributed by atoms with Gasteiger partial charge in [0.1, 0.15) is 0 Å². The number of likely N-dealkylation sites (N-methyl/N-ethyl adjacent to an activating group) is 1. The highest BCUT2D eigenvalue weighted by Crippen LogP contribution is 2.29. The lowest BCUT2D eigenvalue weighted by Gasteiger charge is -2.27. The molecule has 13 heavy (non-hydrogen) atoms. The van der Waals surface area contributed by atoms with Gasteiger partial charge in [0.25, 0.3) is 0 Å². The number of nitrogens with one attached hydrogen (secondary N) is 1. The van der Waals surface area contributed by atoms with Crippen LogP contribution in [0, 0.1) is 5.92 Å². The predicted octanol–water partition coefficient (Wildman–Crippen LogP) is 0.317. The minimum absolute atomic E-state index is 0.414. The van der Waals surface area contributed by atoms with Gasteiger partial charge in [-0.05, 0) is 25.8 Å². The Hall–Kier alpha value is -0.120. The molecular formula is C10H20N2O. The highest BCUT2D eigenvalue weighted by Gasteiger charge is 2.24. The van der Waals surface area contributed by atoms with Crippen LogP contribution in [0.3, 0.4) is 0 Å². The van der Waals surface area contributed by atoms with Gasteiger partial charge in [-0.15, -0.1) is 0 Å². The monoisotopic (exact) mass is 184 g/mol. The summed E-state index contributed by atoms with van der Waals surface area (Å²) in [4.78, 5) is 2.41. The normalized spacial score (nSPS) is 29.5. The summed E-state index contributed by atoms with van der Waals surface area (Å²) >= 11 is 0. The molecule has 2 fully saturated rings. The molecule has 2 aliphatic rings. The molecule has 1 saturated carbocycles. The first kappa shape index (κ1) is 9.44. The standard InChI is InChI=1S/C10H20N2O/c1-12(7-9-2-3-9)8-10-6-11-4-5-13-10/h9-11H,2-8H2,1H3/t10-/m0/s1. The van der Waals surface area contributed by atoms with Crippen LogP contribution in [0.2, 0.25) is 0 Å². The molecule has 1 atom stereocenters. The minimum Gasteiger partial charge on any atom is -0.374 e. The van der Waals surface area contributed by atoms with Gasteiger partial charge in [-0.1, -0.05) is 0 Å². The SMILES string of the molecule is CN(CC1CC1)C[C@@H]1CNCCO1. The van der Waals surface area contributed by atoms with Crippen molar-refractivity contribution in [3.8, 4) is 0 Å². The smallest absolute Gasteiger partial charge is 0.0826 e. The maximum atomic E-state index is 5.65. The van der Waals surface area contributed by atoms with Gasteiger partial charge in [0.2, 0.25) is 0 Å². The first-order valence-electron chi connectivity index (χ1n) is 5.35. The molecule has 0 aromatic rings. The van der Waals surface area contributed by atoms with Gasteiger partial charge in [0, 0.05) is 26.2 Å². The van der Waals surface area contributed by atoms with Crippen molar-refractivity contribution < 1.29 is 4.74 Å². The van der Waals surface area contributed by atoms with Crippen LogP contribution in [0.1, 0.15) is 12.8 Å². The van der Waals surface area contributed by atoms with Crippen LogP contribution in [0.25, 0.3) is 0 Å². The van der Waals surface area contributed by atoms with Crippen molar-refractivity contribution in [1.82, 2.24) is 10.2 Å². The molecule has 2 rings (SSSR count). The van der Waals surface area contributed by atoms with E-state index in [4.69, 9.17) is 4.74 Å². The maximum absolute atomic E-state index is 5.65. The summed E-state index contributed by atoms with van der Waals surface area (Å²) in [5, 5.41) is 3.36. The third-order valence-electron chi connectivity index (χ3n) is 2.79. The van der Waals surface area contributed by atoms with Crippen molar-refractivity contribution >= 4 is 0 Å². The third kappa shape index (κ3) is 3.25. The predicted molar refractivity (Wildman–Crippen MR) is 52.8 cm³/mol. The molecule has 0 unspecified atom stereocenters. The van der Waals surface area contributed by atoms with Gasteiger partial charge in [0.15, 0.2) is 0 Å². The van der Waals surface area contributed by atoms with Crippen molar-refractivity contribution in [3.05, 3.63) is 0 Å². The second-order valence-electron chi connectivity index (χ2n) is 4.36. The van der Waals surface area contributed by atoms with Crippen molar-refractivity contribution in [1.29, 1.82) is 0 Å². The molecule has 0 amide bonds. The topological polar surface area (TPSA) is 24.5 Å². The number of morpholine rings is 1. The molecule has 0 bridgehead atoms. The van der Waals surface area contributed by atoms with Crippen molar-refractivity contribution in [2.75, 3.05) is 39.8 Å². The van der Waals surface area contributed by atoms with E-state index in [0.717, 1.165) is 32.2 Å². The Morgan fingerprint density at radius 3 is 2.85 bits per heavy atom. The molecular weight excluding hydrogens is 164 g/mol. The summed E-state index contributed by atoms with van der Waals surface area (Å²) in [7, 11) is 2.20. The summed E-state index contributed by atoms with van der Waals surface area (Å²) in [6, 6.07) is 0. The lowest BCUT2D eigenvalue weighted by molar-refractivity contribution is 0.00945. The lowest BCUT2D eigenvalue weighted by atomic mass is 10.2. The van der Waals surface area contributed by atoms with Crippen LogP contribution in [-0.4, -0.2) is 50.8 Å². The first-order valence-corrected chi connectivity index (χ1v) is 5.35. The molecule has 76 valence electrons. The van der Waals surface area contributed by atoms with Crippen molar-refractivity contribution in [2.45, 2.75) is 18.9 Å². The number of rotatable bonds is 4. The van der Waals surface area contributed by atoms with Gasteiger partial charge in [-0.3, -0.25) is 0 Å². The molecule has 3 heteroatoms. The van der Waals surface area contributed by atoms with E-state index in [9.17, 15) is 0 Å². The summed E-state index contributed by atoms with van der Waals surface area (Å²) in [6.07, 6.45) is 3.29. The van der Waals surface area contributed by atoms with Crippen LogP contribution in [0.4, 0.5) is 0 Å². The number of hydrogen-bond donors (Lipinski definition) is 1. The molecule has 1 aliphatic heterocycles. The molecule has 1 saturated heterocycles. The zero-order valence-electron chi connectivity index (χ0n) is 8.46. The van der Waals surface area contributed by atoms with Crippen LogP contribution < -0.4 is 5.32 Å². The van der Waals surface area contributed by atoms with E-state index >= 15 is 0 Å². The Morgan fingerprint density at radius 1 is 1.38 bits per heavy atom. The quantitative estimate of drug-likeness (QED) is 0.681. The van der Waals surface area contributed by atoms with E-state index < -0.39 is 0 Å². The number of hydrogen-bond acceptors (Lipinski definition) is 3. The van der Waals surface area contributed by atoms with E-state index in [-0.39, 0.29) is 0 Å². The highest BCUT2D eigenvalue weighted by atomic mass is 16.5. The van der Waals surface area contributed by atoms with Crippen molar-refractivity contribution in [3.63, 3.8) is 0 Å². The van der Waals surface area contributed by atoms with Crippen LogP contribution >= 0.6 is 0 Å². The van der Waals surface area contributed by atoms with Crippen LogP contribution in [0.15, 0.2) is 0 Å². The van der Waals surface area contributed by atoms with Crippen LogP contribution in [-0.2, 0) is 4.74 Å². The van der Waals surface area contributed by atoms with Gasteiger partial charge < -0.3 is 15.0 Å². The maximum Gasteiger partial charge on any atom is 0.0826 e. The van der Waals surface area contributed by atoms with E-state index in [1.165, 1.54) is 19.4 Å². The fraction of sp³-hybridized carbons (Fsp3) is 1.00. The second kappa shape index (κ2) is 4.40. The number of nitrogens with zero attached hydrogens (tertiary/aromatic N) is 1. The Kier molecular flexibility index (Phi) is 3.19. The highest BCUT2D eigenvalue weighted by molar-refractivity contribution is 4.78. The Balaban J connectivity index is 1.62. The van der Waals surface area contributed by atoms with Gasteiger partial charge in [0.05, 0.1) is 12.7 Å². The first-order chi connectivity index (χ1) is 6.34. The van der Waals surface area contributed by atoms with Gasteiger partial charge in [-0.2, -0.15) is 0 Å². The molecule has 1 N–H and O–H groups in total. The lowest BCUT2D eigenvalue weighted by Crippen LogP contribution is -2.44. The minimum atomic E-state index is 0.414. The van der Waals surface area contributed by atoms with E-state index in [1.807, 2.05) is 0 Å². The molecule has 0 spiro atoms. The molecule has 0 aromatic carbocycles. The fourth-order valence-corrected chi connectivity index (χ4v) is 1.90. The molecule has 0 aromatic heterocycles. The molecule has 1 heterocycles. The Morgan fingerprint density at radius 2 is 2.23 bits per heavy atom. The summed E-state index contributed by atoms with van der Waals surface area (Å²) in [6.45, 7) is 5.27. The zero-order chi connectivity index (χ0) is 9.10. The average Bonchev–Trinajstić information content (AvgIpc) is 2.90. The van der Waals surface area contributed by atoms with Gasteiger partial charge >= 0.3 is 0 Å². The number of ether oxygens (including phenoxy) is 1. The van der Waals surface area contributed by atoms with E-state index in [2.05, 4.69) is 17.3 Å².